The minimum Gasteiger partial charge on any atom is -0.479 e. The number of nitrogens with zero attached hydrogens (tertiary/aromatic N) is 14. The molecule has 11 heterocycles. The second-order valence-corrected chi connectivity index (χ2v) is 42.6. The lowest BCUT2D eigenvalue weighted by atomic mass is 9.91. The van der Waals surface area contributed by atoms with Crippen LogP contribution in [-0.2, 0) is 78.2 Å². The molecular weight excluding hydrogens is 1930 g/mol. The van der Waals surface area contributed by atoms with Crippen molar-refractivity contribution >= 4 is 186 Å². The van der Waals surface area contributed by atoms with Crippen LogP contribution in [0.2, 0.25) is 15.1 Å². The van der Waals surface area contributed by atoms with Gasteiger partial charge in [-0.15, -0.1) is 34.0 Å². The van der Waals surface area contributed by atoms with Crippen LogP contribution < -0.4 is 20.0 Å². The first-order valence-electron chi connectivity index (χ1n) is 47.0. The van der Waals surface area contributed by atoms with Crippen LogP contribution in [0, 0.1) is 20.8 Å². The molecule has 0 aliphatic carbocycles. The van der Waals surface area contributed by atoms with E-state index in [0.29, 0.717) is 117 Å². The molecule has 0 radical (unpaired) electrons. The Morgan fingerprint density at radius 1 is 0.430 bits per heavy atom. The zero-order valence-electron chi connectivity index (χ0n) is 81.8. The maximum atomic E-state index is 13.5. The van der Waals surface area contributed by atoms with Crippen molar-refractivity contribution in [1.29, 1.82) is 0 Å². The maximum Gasteiger partial charge on any atom is 0.339 e. The molecule has 0 bridgehead atoms. The van der Waals surface area contributed by atoms with E-state index in [9.17, 15) is 33.9 Å². The summed E-state index contributed by atoms with van der Waals surface area (Å²) in [6.45, 7) is 33.1. The number of amides is 6. The summed E-state index contributed by atoms with van der Waals surface area (Å²) in [6, 6.07) is 46.2. The number of carboxylic acids is 1. The van der Waals surface area contributed by atoms with Crippen LogP contribution >= 0.6 is 68.8 Å². The van der Waals surface area contributed by atoms with E-state index in [1.165, 1.54) is 22.7 Å². The number of anilines is 3. The molecule has 5 fully saturated rings. The van der Waals surface area contributed by atoms with Gasteiger partial charge in [-0.1, -0.05) is 71.2 Å². The summed E-state index contributed by atoms with van der Waals surface area (Å²) < 4.78 is 60.4. The topological polar surface area (TPSA) is 326 Å². The molecule has 9 aromatic carbocycles. The second kappa shape index (κ2) is 40.6. The molecule has 6 aromatic heterocycles. The van der Waals surface area contributed by atoms with Crippen LogP contribution in [0.3, 0.4) is 0 Å². The second-order valence-electron chi connectivity index (χ2n) is 38.3. The monoisotopic (exact) mass is 2040 g/mol. The van der Waals surface area contributed by atoms with Crippen molar-refractivity contribution in [2.75, 3.05) is 107 Å². The third-order valence-electron chi connectivity index (χ3n) is 24.8. The quantitative estimate of drug-likeness (QED) is 0.0531. The molecule has 2 N–H and O–H groups in total. The van der Waals surface area contributed by atoms with Crippen molar-refractivity contribution < 1.29 is 76.5 Å². The fourth-order valence-corrected chi connectivity index (χ4v) is 22.3. The Bertz CT molecular complexity index is 7410. The molecule has 20 rings (SSSR count). The van der Waals surface area contributed by atoms with Gasteiger partial charge in [0.1, 0.15) is 15.0 Å². The van der Waals surface area contributed by atoms with E-state index in [2.05, 4.69) is 10.4 Å². The minimum absolute atomic E-state index is 0.126. The van der Waals surface area contributed by atoms with Crippen LogP contribution in [0.15, 0.2) is 146 Å². The number of carbonyl (C=O) groups excluding carboxylic acids is 5. The van der Waals surface area contributed by atoms with Gasteiger partial charge in [-0.3, -0.25) is 28.7 Å². The van der Waals surface area contributed by atoms with Crippen LogP contribution in [0.4, 0.5) is 31.8 Å². The number of rotatable bonds is 24. The standard InChI is InChI=1S/C37H40ClN5O6S.C35H36ClN5O6S.C33H34ClN5O4S/c1-7-46-35(44)31(49-37(3,4)5)29-21(2)18-26-32(30(29)22-8-11-24(38)12-9-22)50-34(39-26)23-10-13-27-25(19-23)33(40-41(27)6)43-15-14-42(36(43)45)20-28-47-16-17-48-28;1-19-16-24-30(28(20-6-9-22(36)10-7-20)27(19)29(33(42)43)47-35(2,3)4)48-32(37-24)21-8-11-25-23(17-21)31(38-39(25)5)41-13-12-40(34(41)44)18-26-45-14-15-46-26;1-7-42-31(40)27(43-33(3,4)5)25-18(2)16-23-28(26(25)19-8-11-21(34)12-9-19)44-30(36-23)20-10-13-24-22(17-20)29(37-38(24)6)39-15-14-35-32(39)41/h8-13,18-19,28,31H,7,14-17,20H2,1-6H3;6-11,16-17,26,29H,12-15,18H2,1-5H3,(H,42,43);8-13,16-17,27H,7,14-15H2,1-6H3,(H,35,41)/t31-;29-;27-/m000/s1. The molecule has 0 spiro atoms. The summed E-state index contributed by atoms with van der Waals surface area (Å²) in [7, 11) is 5.62. The number of thiazole rings is 3. The third-order valence-corrected chi connectivity index (χ3v) is 28.9. The summed E-state index contributed by atoms with van der Waals surface area (Å²) in [5.74, 6) is -0.150. The molecule has 3 atom stereocenters. The average molecular weight is 2040 g/mol. The van der Waals surface area contributed by atoms with Crippen LogP contribution in [0.25, 0.3) is 128 Å². The van der Waals surface area contributed by atoms with Gasteiger partial charge < -0.3 is 62.9 Å². The molecule has 31 nitrogen and oxygen atoms in total. The molecule has 15 aromatic rings. The summed E-state index contributed by atoms with van der Waals surface area (Å²) in [6.07, 6.45) is -3.93. The summed E-state index contributed by atoms with van der Waals surface area (Å²) >= 11 is 23.4. The fourth-order valence-electron chi connectivity index (χ4n) is 18.6. The Kier molecular flexibility index (Phi) is 28.6. The minimum atomic E-state index is -1.20. The number of urea groups is 3. The Balaban J connectivity index is 0.000000141. The van der Waals surface area contributed by atoms with Gasteiger partial charge in [0.05, 0.1) is 117 Å². The number of fused-ring (bicyclic) bond motifs is 6. The lowest BCUT2D eigenvalue weighted by Gasteiger charge is -2.29. The number of aromatic nitrogens is 9. The average Bonchev–Trinajstić information content (AvgIpc) is 1.58. The van der Waals surface area contributed by atoms with Crippen molar-refractivity contribution in [1.82, 2.24) is 59.4 Å². The molecule has 37 heteroatoms. The Labute approximate surface area is 847 Å². The van der Waals surface area contributed by atoms with E-state index in [1.807, 2.05) is 238 Å². The Morgan fingerprint density at radius 3 is 1.03 bits per heavy atom. The van der Waals surface area contributed by atoms with Crippen molar-refractivity contribution in [3.63, 3.8) is 0 Å². The first-order chi connectivity index (χ1) is 67.7. The highest BCUT2D eigenvalue weighted by molar-refractivity contribution is 7.23. The molecule has 5 saturated heterocycles. The van der Waals surface area contributed by atoms with Crippen molar-refractivity contribution in [2.24, 2.45) is 21.1 Å². The highest BCUT2D eigenvalue weighted by Gasteiger charge is 2.42. The molecule has 740 valence electrons. The lowest BCUT2D eigenvalue weighted by molar-refractivity contribution is -0.167. The van der Waals surface area contributed by atoms with Crippen LogP contribution in [0.1, 0.15) is 128 Å². The first kappa shape index (κ1) is 100.0. The predicted molar refractivity (Wildman–Crippen MR) is 556 cm³/mol. The molecular formula is C105H110Cl3N15O16S3. The molecule has 0 unspecified atom stereocenters. The van der Waals surface area contributed by atoms with E-state index in [1.54, 1.807) is 75.9 Å². The number of carboxylic acid groups (broad SMARTS) is 1. The van der Waals surface area contributed by atoms with E-state index in [0.717, 1.165) is 156 Å². The van der Waals surface area contributed by atoms with E-state index < -0.39 is 65.6 Å². The lowest BCUT2D eigenvalue weighted by Crippen LogP contribution is -2.37. The molecule has 6 amide bonds. The number of hydrogen-bond acceptors (Lipinski definition) is 24. The Hall–Kier alpha value is -12.1. The third kappa shape index (κ3) is 20.6. The van der Waals surface area contributed by atoms with Gasteiger partial charge in [0.25, 0.3) is 0 Å². The zero-order valence-corrected chi connectivity index (χ0v) is 86.6. The van der Waals surface area contributed by atoms with Gasteiger partial charge in [-0.05, 0) is 240 Å². The number of aryl methyl sites for hydroxylation is 6. The number of esters is 2. The highest BCUT2D eigenvalue weighted by Crippen LogP contribution is 2.51. The number of aliphatic carboxylic acids is 1. The number of carbonyl (C=O) groups is 6. The molecule has 5 aliphatic heterocycles. The summed E-state index contributed by atoms with van der Waals surface area (Å²) in [5, 5.41) is 34.1. The van der Waals surface area contributed by atoms with E-state index in [4.69, 9.17) is 103 Å². The largest absolute Gasteiger partial charge is 0.479 e. The number of hydrogen-bond donors (Lipinski definition) is 2. The number of benzene rings is 9. The van der Waals surface area contributed by atoms with Crippen molar-refractivity contribution in [3.05, 3.63) is 194 Å². The SMILES string of the molecule is CCOC(=O)[C@@H](OC(C)(C)C)c1c(C)cc2nc(-c3ccc4c(c3)c(N3CCN(CC5OCCO5)C3=O)nn4C)sc2c1-c1ccc(Cl)cc1.CCOC(=O)[C@@H](OC(C)(C)C)c1c(C)cc2nc(-c3ccc4c(c3)c(N3CCNC3=O)nn4C)sc2c1-c1ccc(Cl)cc1.Cc1cc2nc(-c3ccc4c(c3)c(N3CCN(CC5OCCO5)C3=O)nn4C)sc2c(-c2ccc(Cl)cc2)c1[C@H](OC(C)(C)C)C(=O)O. The normalized spacial score (nSPS) is 15.8. The number of nitrogens with one attached hydrogen (secondary N) is 1. The maximum absolute atomic E-state index is 13.5. The number of ether oxygens (including phenoxy) is 9. The van der Waals surface area contributed by atoms with E-state index in [-0.39, 0.29) is 31.3 Å². The summed E-state index contributed by atoms with van der Waals surface area (Å²) in [4.78, 5) is 103. The Morgan fingerprint density at radius 2 is 0.732 bits per heavy atom. The molecule has 5 aliphatic rings. The predicted octanol–water partition coefficient (Wildman–Crippen LogP) is 22.0. The first-order valence-corrected chi connectivity index (χ1v) is 50.6. The highest BCUT2D eigenvalue weighted by atomic mass is 35.5. The number of halogens is 3. The van der Waals surface area contributed by atoms with Gasteiger partial charge in [0, 0.05) is 142 Å². The van der Waals surface area contributed by atoms with Gasteiger partial charge in [-0.25, -0.2) is 43.7 Å². The van der Waals surface area contributed by atoms with Gasteiger partial charge in [0.15, 0.2) is 48.3 Å². The van der Waals surface area contributed by atoms with Gasteiger partial charge >= 0.3 is 36.0 Å². The van der Waals surface area contributed by atoms with E-state index >= 15 is 0 Å². The van der Waals surface area contributed by atoms with Crippen LogP contribution in [-0.4, -0.2) is 217 Å². The molecule has 142 heavy (non-hydrogen) atoms. The van der Waals surface area contributed by atoms with Gasteiger partial charge in [0.2, 0.25) is 0 Å². The van der Waals surface area contributed by atoms with Crippen molar-refractivity contribution in [2.45, 2.75) is 145 Å². The smallest absolute Gasteiger partial charge is 0.339 e. The van der Waals surface area contributed by atoms with Gasteiger partial charge in [-0.2, -0.15) is 15.3 Å². The zero-order chi connectivity index (χ0) is 101. The van der Waals surface area contributed by atoms with Crippen LogP contribution in [0.5, 0.6) is 0 Å². The fraction of sp³-hybridized carbons (Fsp3) is 0.371. The van der Waals surface area contributed by atoms with Crippen molar-refractivity contribution in [3.8, 4) is 65.1 Å². The molecule has 0 saturated carbocycles. The summed E-state index contributed by atoms with van der Waals surface area (Å²) in [5.41, 5.74) is 15.4.